The van der Waals surface area contributed by atoms with Crippen LogP contribution in [-0.2, 0) is 0 Å². The van der Waals surface area contributed by atoms with E-state index in [0.29, 0.717) is 5.56 Å². The summed E-state index contributed by atoms with van der Waals surface area (Å²) in [4.78, 5) is 26.7. The van der Waals surface area contributed by atoms with E-state index in [1.807, 2.05) is 17.7 Å². The van der Waals surface area contributed by atoms with Crippen molar-refractivity contribution in [2.75, 3.05) is 18.0 Å². The Bertz CT molecular complexity index is 920. The third-order valence-corrected chi connectivity index (χ3v) is 4.31. The van der Waals surface area contributed by atoms with Gasteiger partial charge in [-0.05, 0) is 19.4 Å². The fourth-order valence-corrected chi connectivity index (χ4v) is 3.13. The van der Waals surface area contributed by atoms with Crippen LogP contribution < -0.4 is 10.6 Å². The van der Waals surface area contributed by atoms with Gasteiger partial charge >= 0.3 is 0 Å². The van der Waals surface area contributed by atoms with Crippen molar-refractivity contribution in [2.45, 2.75) is 19.4 Å². The Hall–Kier alpha value is -3.03. The molecule has 1 aliphatic rings. The summed E-state index contributed by atoms with van der Waals surface area (Å²) in [6.45, 7) is 3.52. The number of fused-ring (bicyclic) bond motifs is 1. The second-order valence-corrected chi connectivity index (χ2v) is 5.95. The van der Waals surface area contributed by atoms with Crippen LogP contribution in [0.25, 0.3) is 10.9 Å². The minimum Gasteiger partial charge on any atom is -0.366 e. The van der Waals surface area contributed by atoms with Crippen LogP contribution in [-0.4, -0.2) is 43.7 Å². The molecule has 0 radical (unpaired) electrons. The fraction of sp³-hybridized carbons (Fsp3) is 0.312. The number of carbonyl (C=O) groups excluding carboxylic acids is 1. The van der Waals surface area contributed by atoms with E-state index in [0.717, 1.165) is 42.1 Å². The number of hydrogen-bond donors (Lipinski definition) is 1. The highest BCUT2D eigenvalue weighted by Crippen LogP contribution is 2.30. The average molecular weight is 323 g/mol. The average Bonchev–Trinajstić information content (AvgIpc) is 3.23. The predicted octanol–water partition coefficient (Wildman–Crippen LogP) is 1.08. The predicted molar refractivity (Wildman–Crippen MR) is 88.7 cm³/mol. The molecule has 1 fully saturated rings. The van der Waals surface area contributed by atoms with Gasteiger partial charge in [-0.1, -0.05) is 0 Å². The van der Waals surface area contributed by atoms with Crippen molar-refractivity contribution in [2.24, 2.45) is 5.73 Å². The van der Waals surface area contributed by atoms with Crippen molar-refractivity contribution < 1.29 is 4.79 Å². The zero-order chi connectivity index (χ0) is 16.7. The quantitative estimate of drug-likeness (QED) is 0.773. The van der Waals surface area contributed by atoms with Gasteiger partial charge in [0.25, 0.3) is 5.91 Å². The van der Waals surface area contributed by atoms with Crippen molar-refractivity contribution in [3.8, 4) is 0 Å². The maximum absolute atomic E-state index is 11.2. The van der Waals surface area contributed by atoms with Crippen LogP contribution in [0.1, 0.15) is 28.6 Å². The van der Waals surface area contributed by atoms with Crippen LogP contribution in [0.4, 0.5) is 5.82 Å². The SMILES string of the molecule is Cc1nc(N2CCC(n3cc(C(N)=O)cn3)C2)c2ccncc2n1. The van der Waals surface area contributed by atoms with Gasteiger partial charge in [-0.3, -0.25) is 14.5 Å². The number of rotatable bonds is 3. The second-order valence-electron chi connectivity index (χ2n) is 5.95. The van der Waals surface area contributed by atoms with Crippen molar-refractivity contribution in [1.82, 2.24) is 24.7 Å². The summed E-state index contributed by atoms with van der Waals surface area (Å²) < 4.78 is 1.82. The van der Waals surface area contributed by atoms with E-state index in [4.69, 9.17) is 5.73 Å². The molecule has 0 saturated carbocycles. The van der Waals surface area contributed by atoms with Crippen LogP contribution >= 0.6 is 0 Å². The number of amides is 1. The van der Waals surface area contributed by atoms with Crippen LogP contribution in [0.2, 0.25) is 0 Å². The molecule has 1 saturated heterocycles. The van der Waals surface area contributed by atoms with Gasteiger partial charge in [-0.25, -0.2) is 9.97 Å². The number of hydrogen-bond acceptors (Lipinski definition) is 6. The molecule has 1 amide bonds. The molecule has 2 N–H and O–H groups in total. The van der Waals surface area contributed by atoms with Gasteiger partial charge in [-0.2, -0.15) is 5.10 Å². The molecule has 8 heteroatoms. The largest absolute Gasteiger partial charge is 0.366 e. The van der Waals surface area contributed by atoms with Crippen LogP contribution in [0, 0.1) is 6.92 Å². The molecular weight excluding hydrogens is 306 g/mol. The molecule has 8 nitrogen and oxygen atoms in total. The Balaban J connectivity index is 1.64. The van der Waals surface area contributed by atoms with Crippen molar-refractivity contribution in [1.29, 1.82) is 0 Å². The first-order chi connectivity index (χ1) is 11.6. The Morgan fingerprint density at radius 3 is 3.00 bits per heavy atom. The highest BCUT2D eigenvalue weighted by molar-refractivity contribution is 5.92. The summed E-state index contributed by atoms with van der Waals surface area (Å²) in [6, 6.07) is 2.13. The normalized spacial score (nSPS) is 17.5. The summed E-state index contributed by atoms with van der Waals surface area (Å²) >= 11 is 0. The minimum absolute atomic E-state index is 0.185. The van der Waals surface area contributed by atoms with Gasteiger partial charge in [0, 0.05) is 30.9 Å². The lowest BCUT2D eigenvalue weighted by atomic mass is 10.2. The van der Waals surface area contributed by atoms with E-state index in [2.05, 4.69) is 25.0 Å². The zero-order valence-electron chi connectivity index (χ0n) is 13.3. The number of primary amides is 1. The molecule has 122 valence electrons. The topological polar surface area (TPSA) is 103 Å². The standard InChI is InChI=1S/C16H17N7O/c1-10-20-14-7-18-4-2-13(14)16(21-10)22-5-3-12(9-22)23-8-11(6-19-23)15(17)24/h2,4,6-8,12H,3,5,9H2,1H3,(H2,17,24). The van der Waals surface area contributed by atoms with Gasteiger partial charge in [0.15, 0.2) is 0 Å². The highest BCUT2D eigenvalue weighted by Gasteiger charge is 2.27. The molecule has 1 unspecified atom stereocenters. The van der Waals surface area contributed by atoms with E-state index in [1.165, 1.54) is 6.20 Å². The van der Waals surface area contributed by atoms with Gasteiger partial charge in [0.1, 0.15) is 11.6 Å². The number of nitrogens with zero attached hydrogens (tertiary/aromatic N) is 6. The molecule has 0 spiro atoms. The molecular formula is C16H17N7O. The summed E-state index contributed by atoms with van der Waals surface area (Å²) in [5.74, 6) is 1.19. The maximum Gasteiger partial charge on any atom is 0.251 e. The number of aryl methyl sites for hydroxylation is 1. The Morgan fingerprint density at radius 2 is 2.21 bits per heavy atom. The van der Waals surface area contributed by atoms with E-state index in [-0.39, 0.29) is 6.04 Å². The summed E-state index contributed by atoms with van der Waals surface area (Å²) in [5.41, 5.74) is 6.58. The second kappa shape index (κ2) is 5.55. The van der Waals surface area contributed by atoms with Gasteiger partial charge in [0.05, 0.1) is 29.5 Å². The molecule has 0 aromatic carbocycles. The highest BCUT2D eigenvalue weighted by atomic mass is 16.1. The monoisotopic (exact) mass is 323 g/mol. The smallest absolute Gasteiger partial charge is 0.251 e. The van der Waals surface area contributed by atoms with Crippen molar-refractivity contribution >= 4 is 22.6 Å². The third-order valence-electron chi connectivity index (χ3n) is 4.31. The molecule has 1 atom stereocenters. The zero-order valence-corrected chi connectivity index (χ0v) is 13.3. The van der Waals surface area contributed by atoms with Crippen molar-refractivity contribution in [3.63, 3.8) is 0 Å². The number of aromatic nitrogens is 5. The molecule has 1 aliphatic heterocycles. The van der Waals surface area contributed by atoms with E-state index < -0.39 is 5.91 Å². The van der Waals surface area contributed by atoms with Crippen LogP contribution in [0.15, 0.2) is 30.9 Å². The van der Waals surface area contributed by atoms with Crippen LogP contribution in [0.3, 0.4) is 0 Å². The molecule has 4 rings (SSSR count). The lowest BCUT2D eigenvalue weighted by molar-refractivity contribution is 0.1000. The van der Waals surface area contributed by atoms with Gasteiger partial charge in [0.2, 0.25) is 0 Å². The number of carbonyl (C=O) groups is 1. The van der Waals surface area contributed by atoms with E-state index >= 15 is 0 Å². The Morgan fingerprint density at radius 1 is 1.33 bits per heavy atom. The first-order valence-corrected chi connectivity index (χ1v) is 7.79. The molecule has 24 heavy (non-hydrogen) atoms. The maximum atomic E-state index is 11.2. The lowest BCUT2D eigenvalue weighted by Gasteiger charge is -2.19. The Labute approximate surface area is 138 Å². The van der Waals surface area contributed by atoms with Crippen molar-refractivity contribution in [3.05, 3.63) is 42.2 Å². The van der Waals surface area contributed by atoms with Gasteiger partial charge in [-0.15, -0.1) is 0 Å². The minimum atomic E-state index is -0.457. The molecule has 3 aromatic rings. The lowest BCUT2D eigenvalue weighted by Crippen LogP contribution is -2.23. The number of anilines is 1. The summed E-state index contributed by atoms with van der Waals surface area (Å²) in [6.07, 6.45) is 7.67. The third kappa shape index (κ3) is 2.45. The fourth-order valence-electron chi connectivity index (χ4n) is 3.13. The molecule has 0 bridgehead atoms. The van der Waals surface area contributed by atoms with Gasteiger partial charge < -0.3 is 10.6 Å². The Kier molecular flexibility index (Phi) is 3.37. The molecule has 4 heterocycles. The summed E-state index contributed by atoms with van der Waals surface area (Å²) in [7, 11) is 0. The van der Waals surface area contributed by atoms with E-state index in [1.54, 1.807) is 18.6 Å². The van der Waals surface area contributed by atoms with Crippen LogP contribution in [0.5, 0.6) is 0 Å². The number of pyridine rings is 1. The molecule has 3 aromatic heterocycles. The first-order valence-electron chi connectivity index (χ1n) is 7.79. The summed E-state index contributed by atoms with van der Waals surface area (Å²) in [5, 5.41) is 5.27. The number of nitrogens with two attached hydrogens (primary N) is 1. The first kappa shape index (κ1) is 14.6. The molecule has 0 aliphatic carbocycles. The van der Waals surface area contributed by atoms with E-state index in [9.17, 15) is 4.79 Å².